The Labute approximate surface area is 463 Å². The SMILES string of the molecule is CC/C=C\C/C=C\C/C=C\CCCCCC(=O)OC(COC(=O)CCCCCCCCCCCCCCCCCCCCCCCCCCC/C=C\C/C=C\CCCCCCC)COC(OCC[N+](C)(C)C)C(=O)O. The third-order valence-corrected chi connectivity index (χ3v) is 13.8. The maximum Gasteiger partial charge on any atom is 0.361 e. The normalized spacial score (nSPS) is 13.1. The zero-order valence-electron chi connectivity index (χ0n) is 49.7. The fourth-order valence-electron chi connectivity index (χ4n) is 8.94. The van der Waals surface area contributed by atoms with Crippen molar-refractivity contribution in [3.05, 3.63) is 60.8 Å². The molecule has 0 rings (SSSR count). The molecule has 0 saturated carbocycles. The first-order valence-corrected chi connectivity index (χ1v) is 31.5. The summed E-state index contributed by atoms with van der Waals surface area (Å²) in [4.78, 5) is 37.3. The summed E-state index contributed by atoms with van der Waals surface area (Å²) in [5, 5.41) is 9.68. The molecule has 0 saturated heterocycles. The fraction of sp³-hybridized carbons (Fsp3) is 0.803. The molecule has 0 spiro atoms. The molecular weight excluding hydrogens is 935 g/mol. The first-order chi connectivity index (χ1) is 36.6. The van der Waals surface area contributed by atoms with E-state index in [1.54, 1.807) is 0 Å². The van der Waals surface area contributed by atoms with Gasteiger partial charge in [-0.1, -0.05) is 254 Å². The Morgan fingerprint density at radius 1 is 0.413 bits per heavy atom. The van der Waals surface area contributed by atoms with Crippen LogP contribution in [0.25, 0.3) is 0 Å². The molecule has 75 heavy (non-hydrogen) atoms. The molecule has 0 aromatic heterocycles. The van der Waals surface area contributed by atoms with Gasteiger partial charge < -0.3 is 28.5 Å². The number of unbranched alkanes of at least 4 members (excludes halogenated alkanes) is 33. The van der Waals surface area contributed by atoms with E-state index in [0.29, 0.717) is 23.9 Å². The Morgan fingerprint density at radius 3 is 1.15 bits per heavy atom. The summed E-state index contributed by atoms with van der Waals surface area (Å²) >= 11 is 0. The van der Waals surface area contributed by atoms with Crippen LogP contribution in [-0.2, 0) is 33.3 Å². The van der Waals surface area contributed by atoms with E-state index in [0.717, 1.165) is 64.2 Å². The van der Waals surface area contributed by atoms with E-state index < -0.39 is 24.3 Å². The lowest BCUT2D eigenvalue weighted by Gasteiger charge is -2.25. The lowest BCUT2D eigenvalue weighted by atomic mass is 10.0. The number of esters is 2. The van der Waals surface area contributed by atoms with Crippen LogP contribution in [0.1, 0.15) is 284 Å². The molecule has 0 aromatic rings. The summed E-state index contributed by atoms with van der Waals surface area (Å²) in [6.07, 6.45) is 70.7. The van der Waals surface area contributed by atoms with Gasteiger partial charge in [-0.3, -0.25) is 9.59 Å². The second-order valence-electron chi connectivity index (χ2n) is 22.3. The number of likely N-dealkylation sites (N-methyl/N-ethyl adjacent to an activating group) is 1. The average Bonchev–Trinajstić information content (AvgIpc) is 3.38. The van der Waals surface area contributed by atoms with Gasteiger partial charge in [0.15, 0.2) is 6.10 Å². The molecule has 0 fully saturated rings. The van der Waals surface area contributed by atoms with Crippen molar-refractivity contribution in [3.8, 4) is 0 Å². The molecule has 0 aliphatic carbocycles. The van der Waals surface area contributed by atoms with Gasteiger partial charge in [0.05, 0.1) is 34.4 Å². The van der Waals surface area contributed by atoms with E-state index in [9.17, 15) is 19.5 Å². The van der Waals surface area contributed by atoms with Crippen LogP contribution in [0.15, 0.2) is 60.8 Å². The monoisotopic (exact) mass is 1050 g/mol. The van der Waals surface area contributed by atoms with Crippen molar-refractivity contribution in [1.29, 1.82) is 0 Å². The number of ether oxygens (including phenoxy) is 4. The second-order valence-corrected chi connectivity index (χ2v) is 22.3. The van der Waals surface area contributed by atoms with E-state index in [2.05, 4.69) is 74.6 Å². The largest absolute Gasteiger partial charge is 0.477 e. The Hall–Kier alpha value is -3.01. The standard InChI is InChI=1S/C66H119NO8/c1-6-8-10-12-14-16-18-20-21-22-23-24-25-26-27-28-29-30-31-32-33-34-35-36-37-38-39-40-41-42-43-45-46-48-50-52-54-56-63(68)73-60-62(61-74-66(65(70)71)72-59-58-67(3,4)5)75-64(69)57-55-53-51-49-47-44-19-17-15-13-11-9-7-2/h9,11,15,17-18,20,22-23,44,47,62,66H,6-8,10,12-14,16,19,21,24-43,45-46,48-61H2,1-5H3/p+1/b11-9-,17-15-,20-18-,23-22-,47-44-. The number of aliphatic carboxylic acids is 1. The van der Waals surface area contributed by atoms with E-state index in [4.69, 9.17) is 18.9 Å². The van der Waals surface area contributed by atoms with Gasteiger partial charge in [-0.25, -0.2) is 4.79 Å². The summed E-state index contributed by atoms with van der Waals surface area (Å²) in [6, 6.07) is 0. The van der Waals surface area contributed by atoms with E-state index in [1.807, 2.05) is 21.1 Å². The molecule has 0 aliphatic rings. The predicted octanol–water partition coefficient (Wildman–Crippen LogP) is 18.8. The summed E-state index contributed by atoms with van der Waals surface area (Å²) < 4.78 is 22.8. The number of carboxylic acid groups (broad SMARTS) is 1. The van der Waals surface area contributed by atoms with Gasteiger partial charge in [0.2, 0.25) is 0 Å². The minimum atomic E-state index is -1.52. The molecule has 0 heterocycles. The summed E-state index contributed by atoms with van der Waals surface area (Å²) in [5.74, 6) is -2.04. The van der Waals surface area contributed by atoms with Crippen LogP contribution >= 0.6 is 0 Å². The molecule has 9 heteroatoms. The van der Waals surface area contributed by atoms with Gasteiger partial charge in [-0.2, -0.15) is 0 Å². The third-order valence-electron chi connectivity index (χ3n) is 13.8. The molecule has 0 aromatic carbocycles. The highest BCUT2D eigenvalue weighted by Gasteiger charge is 2.25. The molecule has 436 valence electrons. The second kappa shape index (κ2) is 57.2. The lowest BCUT2D eigenvalue weighted by Crippen LogP contribution is -2.40. The van der Waals surface area contributed by atoms with Crippen molar-refractivity contribution < 1.29 is 42.9 Å². The smallest absolute Gasteiger partial charge is 0.361 e. The van der Waals surface area contributed by atoms with E-state index in [1.165, 1.54) is 186 Å². The third kappa shape index (κ3) is 58.5. The Bertz CT molecular complexity index is 1410. The van der Waals surface area contributed by atoms with Crippen molar-refractivity contribution in [2.45, 2.75) is 296 Å². The number of carbonyl (C=O) groups is 3. The average molecular weight is 1060 g/mol. The zero-order chi connectivity index (χ0) is 54.8. The first-order valence-electron chi connectivity index (χ1n) is 31.5. The number of quaternary nitrogens is 1. The molecule has 9 nitrogen and oxygen atoms in total. The van der Waals surface area contributed by atoms with Gasteiger partial charge >= 0.3 is 17.9 Å². The van der Waals surface area contributed by atoms with Crippen LogP contribution in [0.3, 0.4) is 0 Å². The molecule has 2 unspecified atom stereocenters. The maximum atomic E-state index is 12.8. The molecule has 0 aliphatic heterocycles. The highest BCUT2D eigenvalue weighted by molar-refractivity contribution is 5.71. The number of carbonyl (C=O) groups excluding carboxylic acids is 2. The number of nitrogens with zero attached hydrogens (tertiary/aromatic N) is 1. The maximum absolute atomic E-state index is 12.8. The number of rotatable bonds is 58. The predicted molar refractivity (Wildman–Crippen MR) is 318 cm³/mol. The van der Waals surface area contributed by atoms with Gasteiger partial charge in [0.1, 0.15) is 13.2 Å². The first kappa shape index (κ1) is 72.0. The quantitative estimate of drug-likeness (QED) is 0.0211. The zero-order valence-corrected chi connectivity index (χ0v) is 49.7. The van der Waals surface area contributed by atoms with Crippen LogP contribution < -0.4 is 0 Å². The number of carboxylic acids is 1. The van der Waals surface area contributed by atoms with Crippen LogP contribution in [-0.4, -0.2) is 87.4 Å². The molecule has 0 amide bonds. The highest BCUT2D eigenvalue weighted by atomic mass is 16.7. The highest BCUT2D eigenvalue weighted by Crippen LogP contribution is 2.17. The van der Waals surface area contributed by atoms with Crippen molar-refractivity contribution >= 4 is 17.9 Å². The number of hydrogen-bond donors (Lipinski definition) is 1. The van der Waals surface area contributed by atoms with Crippen LogP contribution in [0.5, 0.6) is 0 Å². The molecule has 2 atom stereocenters. The topological polar surface area (TPSA) is 108 Å². The summed E-state index contributed by atoms with van der Waals surface area (Å²) in [5.41, 5.74) is 0. The van der Waals surface area contributed by atoms with Gasteiger partial charge in [-0.05, 0) is 77.0 Å². The minimum Gasteiger partial charge on any atom is -0.477 e. The van der Waals surface area contributed by atoms with Crippen molar-refractivity contribution in [3.63, 3.8) is 0 Å². The number of allylic oxidation sites excluding steroid dienone is 10. The van der Waals surface area contributed by atoms with Gasteiger partial charge in [0, 0.05) is 12.8 Å². The van der Waals surface area contributed by atoms with E-state index in [-0.39, 0.29) is 32.2 Å². The van der Waals surface area contributed by atoms with Crippen LogP contribution in [0.2, 0.25) is 0 Å². The van der Waals surface area contributed by atoms with Crippen LogP contribution in [0, 0.1) is 0 Å². The summed E-state index contributed by atoms with van der Waals surface area (Å²) in [7, 11) is 5.96. The van der Waals surface area contributed by atoms with E-state index >= 15 is 0 Å². The Balaban J connectivity index is 3.95. The molecule has 0 bridgehead atoms. The lowest BCUT2D eigenvalue weighted by molar-refractivity contribution is -0.870. The summed E-state index contributed by atoms with van der Waals surface area (Å²) in [6.45, 7) is 4.73. The van der Waals surface area contributed by atoms with Crippen molar-refractivity contribution in [1.82, 2.24) is 0 Å². The number of hydrogen-bond acceptors (Lipinski definition) is 7. The Morgan fingerprint density at radius 2 is 0.760 bits per heavy atom. The van der Waals surface area contributed by atoms with Gasteiger partial charge in [0.25, 0.3) is 6.29 Å². The molecular formula is C66H120NO8+. The Kier molecular flexibility index (Phi) is 54.9. The van der Waals surface area contributed by atoms with Crippen molar-refractivity contribution in [2.24, 2.45) is 0 Å². The molecule has 1 N–H and O–H groups in total. The molecule has 0 radical (unpaired) electrons. The fourth-order valence-corrected chi connectivity index (χ4v) is 8.94. The van der Waals surface area contributed by atoms with Gasteiger partial charge in [-0.15, -0.1) is 0 Å². The van der Waals surface area contributed by atoms with Crippen molar-refractivity contribution in [2.75, 3.05) is 47.5 Å². The minimum absolute atomic E-state index is 0.181. The van der Waals surface area contributed by atoms with Crippen LogP contribution in [0.4, 0.5) is 0 Å².